The Balaban J connectivity index is 1.64. The van der Waals surface area contributed by atoms with E-state index in [4.69, 9.17) is 16.3 Å². The summed E-state index contributed by atoms with van der Waals surface area (Å²) in [6.07, 6.45) is 6.19. The summed E-state index contributed by atoms with van der Waals surface area (Å²) in [5.74, 6) is 1.86. The maximum Gasteiger partial charge on any atom is 0.127 e. The zero-order valence-corrected chi connectivity index (χ0v) is 14.0. The molecule has 3 rings (SSSR count). The molecular formula is C16H21BrClNO. The molecule has 1 aromatic rings. The zero-order chi connectivity index (χ0) is 14.0. The summed E-state index contributed by atoms with van der Waals surface area (Å²) in [6, 6.07) is 4.34. The van der Waals surface area contributed by atoms with Gasteiger partial charge in [0, 0.05) is 35.4 Å². The van der Waals surface area contributed by atoms with Crippen LogP contribution in [0.1, 0.15) is 36.8 Å². The van der Waals surface area contributed by atoms with E-state index < -0.39 is 0 Å². The molecule has 1 heterocycles. The van der Waals surface area contributed by atoms with Crippen LogP contribution in [-0.2, 0) is 13.0 Å². The van der Waals surface area contributed by atoms with Crippen molar-refractivity contribution in [3.63, 3.8) is 0 Å². The van der Waals surface area contributed by atoms with E-state index in [1.165, 1.54) is 36.8 Å². The van der Waals surface area contributed by atoms with E-state index in [1.807, 2.05) is 0 Å². The average molecular weight is 359 g/mol. The van der Waals surface area contributed by atoms with Crippen LogP contribution in [-0.4, -0.2) is 19.0 Å². The highest BCUT2D eigenvalue weighted by atomic mass is 79.9. The van der Waals surface area contributed by atoms with Crippen molar-refractivity contribution in [1.82, 2.24) is 5.32 Å². The highest BCUT2D eigenvalue weighted by Crippen LogP contribution is 2.39. The van der Waals surface area contributed by atoms with Crippen LogP contribution in [0.3, 0.4) is 0 Å². The Bertz CT molecular complexity index is 486. The van der Waals surface area contributed by atoms with Crippen LogP contribution in [0, 0.1) is 5.41 Å². The molecule has 1 N–H and O–H groups in total. The summed E-state index contributed by atoms with van der Waals surface area (Å²) in [5.41, 5.74) is 2.90. The van der Waals surface area contributed by atoms with Crippen LogP contribution in [0.15, 0.2) is 16.6 Å². The normalized spacial score (nSPS) is 19.9. The van der Waals surface area contributed by atoms with Crippen molar-refractivity contribution >= 4 is 27.5 Å². The van der Waals surface area contributed by atoms with Crippen molar-refractivity contribution in [3.05, 3.63) is 27.7 Å². The molecule has 1 aromatic carbocycles. The Morgan fingerprint density at radius 3 is 2.85 bits per heavy atom. The molecule has 2 aliphatic rings. The van der Waals surface area contributed by atoms with E-state index in [2.05, 4.69) is 33.4 Å². The predicted octanol–water partition coefficient (Wildman–Crippen LogP) is 4.27. The second kappa shape index (κ2) is 6.25. The third-order valence-corrected chi connectivity index (χ3v) is 5.61. The van der Waals surface area contributed by atoms with Crippen LogP contribution < -0.4 is 10.1 Å². The molecule has 1 fully saturated rings. The van der Waals surface area contributed by atoms with Gasteiger partial charge in [0.25, 0.3) is 0 Å². The Labute approximate surface area is 134 Å². The monoisotopic (exact) mass is 357 g/mol. The van der Waals surface area contributed by atoms with Gasteiger partial charge in [-0.1, -0.05) is 28.8 Å². The minimum absolute atomic E-state index is 0.317. The Morgan fingerprint density at radius 2 is 2.10 bits per heavy atom. The fraction of sp³-hybridized carbons (Fsp3) is 0.625. The van der Waals surface area contributed by atoms with Crippen LogP contribution in [0.25, 0.3) is 0 Å². The molecule has 20 heavy (non-hydrogen) atoms. The number of alkyl halides is 1. The third kappa shape index (κ3) is 3.00. The fourth-order valence-electron chi connectivity index (χ4n) is 3.42. The van der Waals surface area contributed by atoms with Crippen molar-refractivity contribution in [3.8, 4) is 5.75 Å². The Hall–Kier alpha value is -0.250. The van der Waals surface area contributed by atoms with Gasteiger partial charge in [-0.3, -0.25) is 0 Å². The van der Waals surface area contributed by atoms with Gasteiger partial charge in [0.2, 0.25) is 0 Å². The second-order valence-corrected chi connectivity index (χ2v) is 7.28. The Morgan fingerprint density at radius 1 is 1.30 bits per heavy atom. The van der Waals surface area contributed by atoms with Gasteiger partial charge in [-0.25, -0.2) is 0 Å². The van der Waals surface area contributed by atoms with E-state index >= 15 is 0 Å². The molecule has 110 valence electrons. The molecule has 1 aliphatic carbocycles. The van der Waals surface area contributed by atoms with Gasteiger partial charge in [-0.05, 0) is 36.0 Å². The minimum atomic E-state index is 0.317. The lowest BCUT2D eigenvalue weighted by molar-refractivity contribution is 0.317. The molecule has 0 spiro atoms. The second-order valence-electron chi connectivity index (χ2n) is 6.10. The van der Waals surface area contributed by atoms with E-state index in [0.717, 1.165) is 42.2 Å². The number of hydrogen-bond donors (Lipinski definition) is 1. The maximum atomic E-state index is 6.19. The molecule has 0 saturated heterocycles. The van der Waals surface area contributed by atoms with Gasteiger partial charge in [-0.15, -0.1) is 11.6 Å². The number of rotatable bonds is 5. The van der Waals surface area contributed by atoms with Gasteiger partial charge < -0.3 is 10.1 Å². The van der Waals surface area contributed by atoms with Crippen LogP contribution in [0.2, 0.25) is 0 Å². The van der Waals surface area contributed by atoms with Gasteiger partial charge in [0.05, 0.1) is 6.61 Å². The summed E-state index contributed by atoms with van der Waals surface area (Å²) in [5, 5.41) is 3.61. The zero-order valence-electron chi connectivity index (χ0n) is 11.7. The quantitative estimate of drug-likeness (QED) is 0.794. The van der Waals surface area contributed by atoms with Gasteiger partial charge in [-0.2, -0.15) is 0 Å². The molecule has 0 bridgehead atoms. The number of benzene rings is 1. The van der Waals surface area contributed by atoms with Crippen LogP contribution in [0.4, 0.5) is 0 Å². The first-order valence-electron chi connectivity index (χ1n) is 7.43. The van der Waals surface area contributed by atoms with Crippen LogP contribution >= 0.6 is 27.5 Å². The molecular weight excluding hydrogens is 338 g/mol. The van der Waals surface area contributed by atoms with Crippen molar-refractivity contribution in [1.29, 1.82) is 0 Å². The standard InChI is InChI=1S/C16H21BrClNO/c17-14-7-12-3-6-20-15(12)13(8-14)9-19-11-16(10-18)4-1-2-5-16/h7-8,19H,1-6,9-11H2. The van der Waals surface area contributed by atoms with Crippen molar-refractivity contribution in [2.75, 3.05) is 19.0 Å². The number of fused-ring (bicyclic) bond motifs is 1. The summed E-state index contributed by atoms with van der Waals surface area (Å²) >= 11 is 9.79. The van der Waals surface area contributed by atoms with E-state index in [-0.39, 0.29) is 0 Å². The molecule has 2 nitrogen and oxygen atoms in total. The smallest absolute Gasteiger partial charge is 0.127 e. The fourth-order valence-corrected chi connectivity index (χ4v) is 4.34. The highest BCUT2D eigenvalue weighted by Gasteiger charge is 2.32. The third-order valence-electron chi connectivity index (χ3n) is 4.59. The number of nitrogens with one attached hydrogen (secondary N) is 1. The van der Waals surface area contributed by atoms with Gasteiger partial charge in [0.15, 0.2) is 0 Å². The number of hydrogen-bond acceptors (Lipinski definition) is 2. The molecule has 0 unspecified atom stereocenters. The Kier molecular flexibility index (Phi) is 4.58. The number of halogens is 2. The lowest BCUT2D eigenvalue weighted by atomic mass is 9.88. The summed E-state index contributed by atoms with van der Waals surface area (Å²) in [7, 11) is 0. The maximum absolute atomic E-state index is 6.19. The summed E-state index contributed by atoms with van der Waals surface area (Å²) in [4.78, 5) is 0. The topological polar surface area (TPSA) is 21.3 Å². The van der Waals surface area contributed by atoms with E-state index in [1.54, 1.807) is 0 Å². The highest BCUT2D eigenvalue weighted by molar-refractivity contribution is 9.10. The largest absolute Gasteiger partial charge is 0.493 e. The first kappa shape index (κ1) is 14.7. The minimum Gasteiger partial charge on any atom is -0.493 e. The molecule has 4 heteroatoms. The van der Waals surface area contributed by atoms with Gasteiger partial charge >= 0.3 is 0 Å². The molecule has 1 aliphatic heterocycles. The first-order valence-corrected chi connectivity index (χ1v) is 8.76. The van der Waals surface area contributed by atoms with Gasteiger partial charge in [0.1, 0.15) is 5.75 Å². The molecule has 0 atom stereocenters. The summed E-state index contributed by atoms with van der Waals surface area (Å²) in [6.45, 7) is 2.68. The predicted molar refractivity (Wildman–Crippen MR) is 86.7 cm³/mol. The first-order chi connectivity index (χ1) is 9.72. The number of ether oxygens (including phenoxy) is 1. The molecule has 0 amide bonds. The van der Waals surface area contributed by atoms with E-state index in [9.17, 15) is 0 Å². The van der Waals surface area contributed by atoms with Crippen molar-refractivity contribution < 1.29 is 4.74 Å². The lowest BCUT2D eigenvalue weighted by Crippen LogP contribution is -2.33. The lowest BCUT2D eigenvalue weighted by Gasteiger charge is -2.26. The van der Waals surface area contributed by atoms with Crippen LogP contribution in [0.5, 0.6) is 5.75 Å². The van der Waals surface area contributed by atoms with E-state index in [0.29, 0.717) is 5.41 Å². The molecule has 1 saturated carbocycles. The van der Waals surface area contributed by atoms with Crippen molar-refractivity contribution in [2.45, 2.75) is 38.6 Å². The van der Waals surface area contributed by atoms with Crippen molar-refractivity contribution in [2.24, 2.45) is 5.41 Å². The SMILES string of the molecule is ClCC1(CNCc2cc(Br)cc3c2OCC3)CCCC1. The molecule has 0 radical (unpaired) electrons. The molecule has 0 aromatic heterocycles. The summed E-state index contributed by atoms with van der Waals surface area (Å²) < 4.78 is 6.92. The average Bonchev–Trinajstić information content (AvgIpc) is 3.07.